The zero-order chi connectivity index (χ0) is 33.9. The number of hydrogen-bond donors (Lipinski definition) is 2. The molecule has 7 heteroatoms. The van der Waals surface area contributed by atoms with Gasteiger partial charge in [0, 0.05) is 12.2 Å². The Morgan fingerprint density at radius 1 is 0.826 bits per heavy atom. The van der Waals surface area contributed by atoms with Crippen LogP contribution >= 0.6 is 0 Å². The SMILES string of the molecule is CCCCCCCCN(C(=O)C(CC(C)C)NC(=O)OC(C)(C)C)C(C(=O)Nc1ccc2ccccc2c1)c1ccc(C)c(C)c1. The van der Waals surface area contributed by atoms with E-state index in [1.165, 1.54) is 6.42 Å². The van der Waals surface area contributed by atoms with Crippen LogP contribution < -0.4 is 10.6 Å². The quantitative estimate of drug-likeness (QED) is 0.164. The van der Waals surface area contributed by atoms with Crippen LogP contribution in [0.4, 0.5) is 10.5 Å². The standard InChI is InChI=1S/C39H55N3O4/c1-9-10-11-12-13-16-23-42(37(44)34(24-27(2)3)41-38(45)46-39(6,7)8)35(32-20-19-28(4)29(5)25-32)36(43)40-33-22-21-30-17-14-15-18-31(30)26-33/h14-15,17-22,25-27,34-35H,9-13,16,23-24H2,1-8H3,(H,40,43)(H,41,45). The molecule has 3 aromatic rings. The number of amides is 3. The number of alkyl carbamates (subject to hydrolysis) is 1. The molecule has 3 rings (SSSR count). The molecule has 3 aromatic carbocycles. The van der Waals surface area contributed by atoms with Gasteiger partial charge in [-0.1, -0.05) is 101 Å². The number of ether oxygens (including phenoxy) is 1. The van der Waals surface area contributed by atoms with Crippen molar-refractivity contribution in [2.24, 2.45) is 5.92 Å². The molecular formula is C39H55N3O4. The molecule has 46 heavy (non-hydrogen) atoms. The molecule has 0 spiro atoms. The van der Waals surface area contributed by atoms with Crippen LogP contribution in [0.5, 0.6) is 0 Å². The molecule has 7 nitrogen and oxygen atoms in total. The van der Waals surface area contributed by atoms with E-state index in [4.69, 9.17) is 4.74 Å². The predicted octanol–water partition coefficient (Wildman–Crippen LogP) is 9.26. The molecule has 2 atom stereocenters. The van der Waals surface area contributed by atoms with Crippen LogP contribution in [0.15, 0.2) is 60.7 Å². The summed E-state index contributed by atoms with van der Waals surface area (Å²) in [5, 5.41) is 8.08. The third kappa shape index (κ3) is 11.2. The first-order valence-corrected chi connectivity index (χ1v) is 17.0. The minimum absolute atomic E-state index is 0.117. The number of fused-ring (bicyclic) bond motifs is 1. The van der Waals surface area contributed by atoms with Crippen LogP contribution in [0.3, 0.4) is 0 Å². The van der Waals surface area contributed by atoms with E-state index in [9.17, 15) is 14.4 Å². The summed E-state index contributed by atoms with van der Waals surface area (Å²) in [6.07, 6.45) is 6.01. The number of nitrogens with zero attached hydrogens (tertiary/aromatic N) is 1. The number of rotatable bonds is 15. The molecule has 2 unspecified atom stereocenters. The molecule has 250 valence electrons. The highest BCUT2D eigenvalue weighted by atomic mass is 16.6. The van der Waals surface area contributed by atoms with Crippen LogP contribution in [0.1, 0.15) is 109 Å². The van der Waals surface area contributed by atoms with E-state index < -0.39 is 23.8 Å². The van der Waals surface area contributed by atoms with Gasteiger partial charge in [-0.2, -0.15) is 0 Å². The van der Waals surface area contributed by atoms with E-state index in [-0.39, 0.29) is 17.7 Å². The third-order valence-corrected chi connectivity index (χ3v) is 8.16. The summed E-state index contributed by atoms with van der Waals surface area (Å²) < 4.78 is 5.55. The number of nitrogens with one attached hydrogen (secondary N) is 2. The van der Waals surface area contributed by atoms with Crippen LogP contribution in [-0.2, 0) is 14.3 Å². The first-order valence-electron chi connectivity index (χ1n) is 17.0. The van der Waals surface area contributed by atoms with Crippen molar-refractivity contribution < 1.29 is 19.1 Å². The maximum absolute atomic E-state index is 14.6. The smallest absolute Gasteiger partial charge is 0.408 e. The zero-order valence-corrected chi connectivity index (χ0v) is 29.2. The van der Waals surface area contributed by atoms with Gasteiger partial charge < -0.3 is 20.3 Å². The Kier molecular flexibility index (Phi) is 13.7. The van der Waals surface area contributed by atoms with Crippen LogP contribution in [0, 0.1) is 19.8 Å². The van der Waals surface area contributed by atoms with Gasteiger partial charge in [0.1, 0.15) is 17.7 Å². The number of hydrogen-bond acceptors (Lipinski definition) is 4. The van der Waals surface area contributed by atoms with Crippen LogP contribution in [0.25, 0.3) is 10.8 Å². The Labute approximate surface area is 276 Å². The summed E-state index contributed by atoms with van der Waals surface area (Å²) in [5.74, 6) is -0.463. The van der Waals surface area contributed by atoms with Gasteiger partial charge in [-0.15, -0.1) is 0 Å². The summed E-state index contributed by atoms with van der Waals surface area (Å²) in [4.78, 5) is 43.7. The number of anilines is 1. The molecule has 0 aromatic heterocycles. The summed E-state index contributed by atoms with van der Waals surface area (Å²) in [7, 11) is 0. The Balaban J connectivity index is 2.04. The van der Waals surface area contributed by atoms with Crippen molar-refractivity contribution in [3.63, 3.8) is 0 Å². The predicted molar refractivity (Wildman–Crippen MR) is 189 cm³/mol. The lowest BCUT2D eigenvalue weighted by Crippen LogP contribution is -2.53. The van der Waals surface area contributed by atoms with Crippen molar-refractivity contribution in [2.45, 2.75) is 118 Å². The van der Waals surface area contributed by atoms with Gasteiger partial charge >= 0.3 is 6.09 Å². The number of aryl methyl sites for hydroxylation is 2. The second-order valence-corrected chi connectivity index (χ2v) is 13.9. The van der Waals surface area contributed by atoms with Gasteiger partial charge in [-0.05, 0) is 93.0 Å². The molecular weight excluding hydrogens is 574 g/mol. The topological polar surface area (TPSA) is 87.7 Å². The first kappa shape index (κ1) is 36.6. The summed E-state index contributed by atoms with van der Waals surface area (Å²) in [5.41, 5.74) is 2.83. The number of carbonyl (C=O) groups excluding carboxylic acids is 3. The van der Waals surface area contributed by atoms with E-state index in [1.807, 2.05) is 88.4 Å². The van der Waals surface area contributed by atoms with Crippen molar-refractivity contribution in [3.8, 4) is 0 Å². The molecule has 0 aliphatic carbocycles. The maximum atomic E-state index is 14.6. The van der Waals surface area contributed by atoms with Crippen molar-refractivity contribution in [1.82, 2.24) is 10.2 Å². The second-order valence-electron chi connectivity index (χ2n) is 13.9. The number of benzene rings is 3. The van der Waals surface area contributed by atoms with E-state index >= 15 is 0 Å². The lowest BCUT2D eigenvalue weighted by Gasteiger charge is -2.35. The second kappa shape index (κ2) is 17.2. The molecule has 0 radical (unpaired) electrons. The normalized spacial score (nSPS) is 12.9. The number of carbonyl (C=O) groups is 3. The Morgan fingerprint density at radius 2 is 1.50 bits per heavy atom. The molecule has 0 saturated carbocycles. The van der Waals surface area contributed by atoms with Gasteiger partial charge in [0.15, 0.2) is 0 Å². The molecule has 0 bridgehead atoms. The third-order valence-electron chi connectivity index (χ3n) is 8.16. The summed E-state index contributed by atoms with van der Waals surface area (Å²) >= 11 is 0. The zero-order valence-electron chi connectivity index (χ0n) is 29.2. The van der Waals surface area contributed by atoms with E-state index in [1.54, 1.807) is 25.7 Å². The molecule has 0 saturated heterocycles. The van der Waals surface area contributed by atoms with Crippen molar-refractivity contribution in [3.05, 3.63) is 77.4 Å². The van der Waals surface area contributed by atoms with Gasteiger partial charge in [0.25, 0.3) is 5.91 Å². The van der Waals surface area contributed by atoms with E-state index in [0.717, 1.165) is 59.6 Å². The highest BCUT2D eigenvalue weighted by Gasteiger charge is 2.36. The van der Waals surface area contributed by atoms with Crippen molar-refractivity contribution >= 4 is 34.4 Å². The Hall–Kier alpha value is -3.87. The highest BCUT2D eigenvalue weighted by molar-refractivity contribution is 6.00. The molecule has 0 heterocycles. The van der Waals surface area contributed by atoms with Gasteiger partial charge in [0.05, 0.1) is 0 Å². The molecule has 0 aliphatic rings. The fourth-order valence-corrected chi connectivity index (χ4v) is 5.66. The van der Waals surface area contributed by atoms with Crippen LogP contribution in [0.2, 0.25) is 0 Å². The first-order chi connectivity index (χ1) is 21.8. The molecule has 2 N–H and O–H groups in total. The van der Waals surface area contributed by atoms with E-state index in [0.29, 0.717) is 18.7 Å². The summed E-state index contributed by atoms with van der Waals surface area (Å²) in [6.45, 7) is 16.0. The van der Waals surface area contributed by atoms with Crippen LogP contribution in [-0.4, -0.2) is 41.0 Å². The van der Waals surface area contributed by atoms with Gasteiger partial charge in [-0.3, -0.25) is 9.59 Å². The fraction of sp³-hybridized carbons (Fsp3) is 0.513. The minimum atomic E-state index is -0.899. The van der Waals surface area contributed by atoms with E-state index in [2.05, 4.69) is 17.6 Å². The number of unbranched alkanes of at least 4 members (excludes halogenated alkanes) is 5. The minimum Gasteiger partial charge on any atom is -0.444 e. The Morgan fingerprint density at radius 3 is 2.15 bits per heavy atom. The highest BCUT2D eigenvalue weighted by Crippen LogP contribution is 2.29. The average Bonchev–Trinajstić information content (AvgIpc) is 2.98. The van der Waals surface area contributed by atoms with Crippen molar-refractivity contribution in [1.29, 1.82) is 0 Å². The monoisotopic (exact) mass is 629 g/mol. The average molecular weight is 630 g/mol. The Bertz CT molecular complexity index is 1460. The molecule has 0 aliphatic heterocycles. The van der Waals surface area contributed by atoms with Crippen molar-refractivity contribution in [2.75, 3.05) is 11.9 Å². The van der Waals surface area contributed by atoms with Gasteiger partial charge in [-0.25, -0.2) is 4.79 Å². The lowest BCUT2D eigenvalue weighted by molar-refractivity contribution is -0.141. The maximum Gasteiger partial charge on any atom is 0.408 e. The largest absolute Gasteiger partial charge is 0.444 e. The molecule has 0 fully saturated rings. The summed E-state index contributed by atoms with van der Waals surface area (Å²) in [6, 6.07) is 18.0. The fourth-order valence-electron chi connectivity index (χ4n) is 5.66. The van der Waals surface area contributed by atoms with Gasteiger partial charge in [0.2, 0.25) is 5.91 Å². The molecule has 3 amide bonds. The lowest BCUT2D eigenvalue weighted by atomic mass is 9.96.